The Kier molecular flexibility index (Phi) is 5.97. The summed E-state index contributed by atoms with van der Waals surface area (Å²) in [6.07, 6.45) is 5.08. The molecule has 2 heterocycles. The first-order valence-electron chi connectivity index (χ1n) is 4.99. The number of hydrogen-bond acceptors (Lipinski definition) is 4. The van der Waals surface area contributed by atoms with Crippen molar-refractivity contribution in [1.29, 1.82) is 0 Å². The zero-order valence-electron chi connectivity index (χ0n) is 8.45. The number of rotatable bonds is 2. The lowest BCUT2D eigenvalue weighted by Crippen LogP contribution is -2.45. The standard InChI is InChI=1S/C6H15N3.C3H4N2/c7-1-4-9-5-2-8-3-6-9;1-2-5-3-4-1/h8H,1-7H2;1-3H,(H,4,5). The quantitative estimate of drug-likeness (QED) is 0.584. The highest BCUT2D eigenvalue weighted by Crippen LogP contribution is 1.88. The van der Waals surface area contributed by atoms with Gasteiger partial charge in [-0.15, -0.1) is 0 Å². The normalized spacial score (nSPS) is 17.2. The molecule has 1 aliphatic rings. The molecule has 80 valence electrons. The number of aromatic nitrogens is 2. The number of H-pyrrole nitrogens is 1. The first kappa shape index (κ1) is 11.2. The van der Waals surface area contributed by atoms with Gasteiger partial charge in [-0.3, -0.25) is 4.90 Å². The largest absolute Gasteiger partial charge is 0.351 e. The van der Waals surface area contributed by atoms with Crippen LogP contribution in [0.5, 0.6) is 0 Å². The number of nitrogens with zero attached hydrogens (tertiary/aromatic N) is 2. The van der Waals surface area contributed by atoms with Gasteiger partial charge in [-0.05, 0) is 0 Å². The van der Waals surface area contributed by atoms with Crippen LogP contribution >= 0.6 is 0 Å². The first-order valence-corrected chi connectivity index (χ1v) is 4.99. The van der Waals surface area contributed by atoms with E-state index in [1.54, 1.807) is 18.7 Å². The minimum absolute atomic E-state index is 0.792. The molecule has 14 heavy (non-hydrogen) atoms. The molecule has 0 amide bonds. The lowest BCUT2D eigenvalue weighted by molar-refractivity contribution is 0.247. The Labute approximate surface area is 84.7 Å². The molecule has 5 nitrogen and oxygen atoms in total. The maximum Gasteiger partial charge on any atom is 0.0919 e. The molecule has 0 atom stereocenters. The van der Waals surface area contributed by atoms with Gasteiger partial charge in [0.2, 0.25) is 0 Å². The van der Waals surface area contributed by atoms with Crippen LogP contribution in [-0.4, -0.2) is 54.1 Å². The molecular weight excluding hydrogens is 178 g/mol. The van der Waals surface area contributed by atoms with E-state index >= 15 is 0 Å². The second-order valence-corrected chi connectivity index (χ2v) is 3.14. The van der Waals surface area contributed by atoms with Crippen LogP contribution in [0.4, 0.5) is 0 Å². The molecule has 1 aromatic rings. The Morgan fingerprint density at radius 2 is 2.14 bits per heavy atom. The van der Waals surface area contributed by atoms with Gasteiger partial charge in [-0.2, -0.15) is 0 Å². The van der Waals surface area contributed by atoms with E-state index in [-0.39, 0.29) is 0 Å². The smallest absolute Gasteiger partial charge is 0.0919 e. The van der Waals surface area contributed by atoms with Gasteiger partial charge in [0.15, 0.2) is 0 Å². The predicted molar refractivity (Wildman–Crippen MR) is 57.0 cm³/mol. The fourth-order valence-electron chi connectivity index (χ4n) is 1.33. The highest BCUT2D eigenvalue weighted by molar-refractivity contribution is 4.66. The van der Waals surface area contributed by atoms with Gasteiger partial charge < -0.3 is 16.0 Å². The minimum Gasteiger partial charge on any atom is -0.351 e. The third-order valence-corrected chi connectivity index (χ3v) is 2.06. The molecule has 0 spiro atoms. The van der Waals surface area contributed by atoms with Crippen LogP contribution in [0.1, 0.15) is 0 Å². The summed E-state index contributed by atoms with van der Waals surface area (Å²) in [4.78, 5) is 8.80. The molecule has 0 aliphatic carbocycles. The number of aromatic amines is 1. The molecule has 0 saturated carbocycles. The van der Waals surface area contributed by atoms with E-state index in [0.717, 1.165) is 39.3 Å². The molecule has 0 bridgehead atoms. The van der Waals surface area contributed by atoms with Crippen LogP contribution in [0.25, 0.3) is 0 Å². The second kappa shape index (κ2) is 7.49. The van der Waals surface area contributed by atoms with Gasteiger partial charge in [-0.1, -0.05) is 0 Å². The SMILES string of the molecule is NCCN1CCNCC1.c1c[nH]cn1. The number of piperazine rings is 1. The van der Waals surface area contributed by atoms with Crippen LogP contribution < -0.4 is 11.1 Å². The Morgan fingerprint density at radius 3 is 2.57 bits per heavy atom. The van der Waals surface area contributed by atoms with Crippen molar-refractivity contribution in [1.82, 2.24) is 20.2 Å². The Bertz CT molecular complexity index is 173. The highest BCUT2D eigenvalue weighted by atomic mass is 15.2. The Morgan fingerprint density at radius 1 is 1.36 bits per heavy atom. The molecule has 5 heteroatoms. The lowest BCUT2D eigenvalue weighted by Gasteiger charge is -2.26. The number of nitrogens with two attached hydrogens (primary N) is 1. The third kappa shape index (κ3) is 4.96. The summed E-state index contributed by atoms with van der Waals surface area (Å²) in [6.45, 7) is 6.43. The molecule has 1 aliphatic heterocycles. The summed E-state index contributed by atoms with van der Waals surface area (Å²) >= 11 is 0. The average Bonchev–Trinajstić information content (AvgIpc) is 2.78. The van der Waals surface area contributed by atoms with Gasteiger partial charge in [0, 0.05) is 51.7 Å². The van der Waals surface area contributed by atoms with Crippen molar-refractivity contribution in [3.8, 4) is 0 Å². The summed E-state index contributed by atoms with van der Waals surface area (Å²) in [6, 6.07) is 0. The molecule has 1 aromatic heterocycles. The Balaban J connectivity index is 0.000000165. The third-order valence-electron chi connectivity index (χ3n) is 2.06. The van der Waals surface area contributed by atoms with E-state index in [4.69, 9.17) is 5.73 Å². The van der Waals surface area contributed by atoms with Gasteiger partial charge in [0.05, 0.1) is 6.33 Å². The fourth-order valence-corrected chi connectivity index (χ4v) is 1.33. The van der Waals surface area contributed by atoms with E-state index in [0.29, 0.717) is 0 Å². The lowest BCUT2D eigenvalue weighted by atomic mass is 10.3. The number of hydrogen-bond donors (Lipinski definition) is 3. The van der Waals surface area contributed by atoms with Crippen molar-refractivity contribution in [3.05, 3.63) is 18.7 Å². The van der Waals surface area contributed by atoms with E-state index in [1.807, 2.05) is 0 Å². The summed E-state index contributed by atoms with van der Waals surface area (Å²) in [5.41, 5.74) is 5.40. The number of imidazole rings is 1. The predicted octanol–water partition coefficient (Wildman–Crippen LogP) is -0.740. The maximum atomic E-state index is 5.40. The van der Waals surface area contributed by atoms with Crippen molar-refractivity contribution < 1.29 is 0 Å². The molecular formula is C9H19N5. The topological polar surface area (TPSA) is 70.0 Å². The highest BCUT2D eigenvalue weighted by Gasteiger charge is 2.06. The minimum atomic E-state index is 0.792. The first-order chi connectivity index (χ1) is 6.93. The van der Waals surface area contributed by atoms with E-state index in [9.17, 15) is 0 Å². The fraction of sp³-hybridized carbons (Fsp3) is 0.667. The Hall–Kier alpha value is -0.910. The van der Waals surface area contributed by atoms with Crippen molar-refractivity contribution in [2.75, 3.05) is 39.3 Å². The molecule has 0 aromatic carbocycles. The molecule has 4 N–H and O–H groups in total. The monoisotopic (exact) mass is 197 g/mol. The van der Waals surface area contributed by atoms with Crippen LogP contribution in [0.15, 0.2) is 18.7 Å². The number of nitrogens with one attached hydrogen (secondary N) is 2. The maximum absolute atomic E-state index is 5.40. The van der Waals surface area contributed by atoms with E-state index < -0.39 is 0 Å². The zero-order valence-corrected chi connectivity index (χ0v) is 8.45. The summed E-state index contributed by atoms with van der Waals surface area (Å²) in [5, 5.41) is 3.29. The summed E-state index contributed by atoms with van der Waals surface area (Å²) in [5.74, 6) is 0. The van der Waals surface area contributed by atoms with Gasteiger partial charge in [0.25, 0.3) is 0 Å². The van der Waals surface area contributed by atoms with Gasteiger partial charge in [0.1, 0.15) is 0 Å². The van der Waals surface area contributed by atoms with Crippen molar-refractivity contribution in [3.63, 3.8) is 0 Å². The van der Waals surface area contributed by atoms with Crippen LogP contribution in [0.2, 0.25) is 0 Å². The molecule has 1 fully saturated rings. The van der Waals surface area contributed by atoms with Gasteiger partial charge in [-0.25, -0.2) is 4.98 Å². The summed E-state index contributed by atoms with van der Waals surface area (Å²) < 4.78 is 0. The summed E-state index contributed by atoms with van der Waals surface area (Å²) in [7, 11) is 0. The second-order valence-electron chi connectivity index (χ2n) is 3.14. The van der Waals surface area contributed by atoms with Crippen molar-refractivity contribution in [2.45, 2.75) is 0 Å². The average molecular weight is 197 g/mol. The zero-order chi connectivity index (χ0) is 10.1. The van der Waals surface area contributed by atoms with Crippen LogP contribution in [0, 0.1) is 0 Å². The molecule has 0 unspecified atom stereocenters. The van der Waals surface area contributed by atoms with Crippen molar-refractivity contribution in [2.24, 2.45) is 5.73 Å². The molecule has 1 saturated heterocycles. The van der Waals surface area contributed by atoms with E-state index in [1.165, 1.54) is 0 Å². The van der Waals surface area contributed by atoms with Crippen molar-refractivity contribution >= 4 is 0 Å². The van der Waals surface area contributed by atoms with Crippen LogP contribution in [0.3, 0.4) is 0 Å². The van der Waals surface area contributed by atoms with Crippen LogP contribution in [-0.2, 0) is 0 Å². The molecule has 0 radical (unpaired) electrons. The molecule has 2 rings (SSSR count). The van der Waals surface area contributed by atoms with Gasteiger partial charge >= 0.3 is 0 Å². The van der Waals surface area contributed by atoms with E-state index in [2.05, 4.69) is 20.2 Å².